The molecule has 1 fully saturated rings. The van der Waals surface area contributed by atoms with Gasteiger partial charge in [0.05, 0.1) is 19.8 Å². The monoisotopic (exact) mass is 240 g/mol. The number of ether oxygens (including phenoxy) is 2. The predicted molar refractivity (Wildman–Crippen MR) is 61.5 cm³/mol. The number of hydrogen-bond donors (Lipinski definition) is 1. The molecule has 1 heterocycles. The zero-order valence-electron chi connectivity index (χ0n) is 9.86. The van der Waals surface area contributed by atoms with E-state index in [-0.39, 0.29) is 11.7 Å². The van der Waals surface area contributed by atoms with Crippen LogP contribution in [0.25, 0.3) is 0 Å². The largest absolute Gasteiger partial charge is 0.496 e. The fourth-order valence-corrected chi connectivity index (χ4v) is 2.20. The van der Waals surface area contributed by atoms with E-state index in [1.807, 2.05) is 0 Å². The Morgan fingerprint density at radius 2 is 2.35 bits per heavy atom. The molecule has 0 radical (unpaired) electrons. The van der Waals surface area contributed by atoms with Crippen LogP contribution in [0.1, 0.15) is 24.5 Å². The number of benzene rings is 1. The van der Waals surface area contributed by atoms with E-state index in [0.717, 1.165) is 19.4 Å². The molecule has 4 heteroatoms. The molecule has 0 saturated carbocycles. The van der Waals surface area contributed by atoms with Crippen LogP contribution in [0.2, 0.25) is 0 Å². The highest BCUT2D eigenvalue weighted by atomic mass is 19.1. The third-order valence-corrected chi connectivity index (χ3v) is 3.15. The maximum atomic E-state index is 13.2. The van der Waals surface area contributed by atoms with E-state index in [2.05, 4.69) is 0 Å². The smallest absolute Gasteiger partial charge is 0.124 e. The molecule has 17 heavy (non-hydrogen) atoms. The number of methoxy groups -OCH3 is 1. The van der Waals surface area contributed by atoms with Gasteiger partial charge in [0.25, 0.3) is 0 Å². The van der Waals surface area contributed by atoms with E-state index in [9.17, 15) is 9.50 Å². The number of rotatable bonds is 3. The molecule has 0 amide bonds. The Balaban J connectivity index is 2.21. The molecular formula is C13H17FO3. The van der Waals surface area contributed by atoms with E-state index < -0.39 is 6.10 Å². The van der Waals surface area contributed by atoms with Gasteiger partial charge in [0, 0.05) is 18.1 Å². The lowest BCUT2D eigenvalue weighted by atomic mass is 9.90. The van der Waals surface area contributed by atoms with E-state index in [1.165, 1.54) is 25.3 Å². The first kappa shape index (κ1) is 12.3. The maximum Gasteiger partial charge on any atom is 0.124 e. The van der Waals surface area contributed by atoms with E-state index >= 15 is 0 Å². The van der Waals surface area contributed by atoms with Crippen molar-refractivity contribution in [2.75, 3.05) is 20.3 Å². The van der Waals surface area contributed by atoms with Crippen LogP contribution in [0, 0.1) is 11.7 Å². The van der Waals surface area contributed by atoms with Crippen molar-refractivity contribution in [1.82, 2.24) is 0 Å². The first-order chi connectivity index (χ1) is 8.22. The Morgan fingerprint density at radius 1 is 1.53 bits per heavy atom. The van der Waals surface area contributed by atoms with Gasteiger partial charge in [0.1, 0.15) is 11.6 Å². The highest BCUT2D eigenvalue weighted by Crippen LogP contribution is 2.34. The van der Waals surface area contributed by atoms with Crippen LogP contribution in [-0.4, -0.2) is 25.4 Å². The second kappa shape index (κ2) is 5.47. The highest BCUT2D eigenvalue weighted by molar-refractivity contribution is 5.36. The lowest BCUT2D eigenvalue weighted by molar-refractivity contribution is -0.0108. The Hall–Kier alpha value is -1.13. The van der Waals surface area contributed by atoms with Crippen molar-refractivity contribution in [1.29, 1.82) is 0 Å². The topological polar surface area (TPSA) is 38.7 Å². The summed E-state index contributed by atoms with van der Waals surface area (Å²) >= 11 is 0. The number of aliphatic hydroxyl groups excluding tert-OH is 1. The zero-order chi connectivity index (χ0) is 12.3. The van der Waals surface area contributed by atoms with Crippen molar-refractivity contribution in [2.24, 2.45) is 5.92 Å². The lowest BCUT2D eigenvalue weighted by Crippen LogP contribution is -2.24. The summed E-state index contributed by atoms with van der Waals surface area (Å²) in [5, 5.41) is 10.3. The van der Waals surface area contributed by atoms with Gasteiger partial charge in [-0.05, 0) is 31.0 Å². The molecule has 2 atom stereocenters. The van der Waals surface area contributed by atoms with Crippen molar-refractivity contribution in [3.8, 4) is 5.75 Å². The van der Waals surface area contributed by atoms with Crippen molar-refractivity contribution >= 4 is 0 Å². The molecule has 94 valence electrons. The van der Waals surface area contributed by atoms with Crippen LogP contribution in [0.5, 0.6) is 5.75 Å². The molecule has 1 aliphatic rings. The van der Waals surface area contributed by atoms with Crippen LogP contribution in [0.15, 0.2) is 18.2 Å². The number of aliphatic hydroxyl groups is 1. The van der Waals surface area contributed by atoms with Gasteiger partial charge in [0.15, 0.2) is 0 Å². The zero-order valence-corrected chi connectivity index (χ0v) is 9.86. The molecule has 0 bridgehead atoms. The number of hydrogen-bond acceptors (Lipinski definition) is 3. The second-order valence-electron chi connectivity index (χ2n) is 4.31. The summed E-state index contributed by atoms with van der Waals surface area (Å²) < 4.78 is 23.7. The maximum absolute atomic E-state index is 13.2. The minimum Gasteiger partial charge on any atom is -0.496 e. The molecule has 1 aliphatic heterocycles. The number of halogens is 1. The fourth-order valence-electron chi connectivity index (χ4n) is 2.20. The van der Waals surface area contributed by atoms with Crippen molar-refractivity contribution in [3.63, 3.8) is 0 Å². The molecule has 1 aromatic rings. The van der Waals surface area contributed by atoms with E-state index in [0.29, 0.717) is 17.9 Å². The van der Waals surface area contributed by atoms with Gasteiger partial charge in [-0.1, -0.05) is 0 Å². The summed E-state index contributed by atoms with van der Waals surface area (Å²) in [5.74, 6) is 0.167. The van der Waals surface area contributed by atoms with Gasteiger partial charge in [-0.3, -0.25) is 0 Å². The molecule has 1 N–H and O–H groups in total. The summed E-state index contributed by atoms with van der Waals surface area (Å²) in [5.41, 5.74) is 0.503. The van der Waals surface area contributed by atoms with Gasteiger partial charge in [-0.25, -0.2) is 4.39 Å². The molecule has 1 saturated heterocycles. The Morgan fingerprint density at radius 3 is 3.00 bits per heavy atom. The van der Waals surface area contributed by atoms with Gasteiger partial charge in [-0.15, -0.1) is 0 Å². The Kier molecular flexibility index (Phi) is 3.97. The normalized spacial score (nSPS) is 22.2. The summed E-state index contributed by atoms with van der Waals surface area (Å²) in [6.45, 7) is 1.25. The van der Waals surface area contributed by atoms with E-state index in [4.69, 9.17) is 9.47 Å². The summed E-state index contributed by atoms with van der Waals surface area (Å²) in [6, 6.07) is 4.20. The average Bonchev–Trinajstić information content (AvgIpc) is 2.39. The van der Waals surface area contributed by atoms with Crippen LogP contribution in [0.4, 0.5) is 4.39 Å². The van der Waals surface area contributed by atoms with Gasteiger partial charge >= 0.3 is 0 Å². The Labute approximate surface area is 100 Å². The van der Waals surface area contributed by atoms with Crippen LogP contribution in [-0.2, 0) is 4.74 Å². The van der Waals surface area contributed by atoms with Gasteiger partial charge in [0.2, 0.25) is 0 Å². The summed E-state index contributed by atoms with van der Waals surface area (Å²) in [4.78, 5) is 0. The molecule has 2 rings (SSSR count). The third kappa shape index (κ3) is 2.76. The van der Waals surface area contributed by atoms with Gasteiger partial charge < -0.3 is 14.6 Å². The van der Waals surface area contributed by atoms with Crippen molar-refractivity contribution in [3.05, 3.63) is 29.6 Å². The standard InChI is InChI=1S/C13H17FO3/c1-16-12-5-4-10(14)7-11(12)13(15)9-3-2-6-17-8-9/h4-5,7,9,13,15H,2-3,6,8H2,1H3. The highest BCUT2D eigenvalue weighted by Gasteiger charge is 2.26. The first-order valence-corrected chi connectivity index (χ1v) is 5.81. The molecule has 0 aromatic heterocycles. The SMILES string of the molecule is COc1ccc(F)cc1C(O)C1CCCOC1. The molecule has 0 aliphatic carbocycles. The predicted octanol–water partition coefficient (Wildman–Crippen LogP) is 2.29. The van der Waals surface area contributed by atoms with Crippen LogP contribution < -0.4 is 4.74 Å². The molecule has 1 aromatic carbocycles. The van der Waals surface area contributed by atoms with E-state index in [1.54, 1.807) is 0 Å². The lowest BCUT2D eigenvalue weighted by Gasteiger charge is -2.27. The molecule has 0 spiro atoms. The summed E-state index contributed by atoms with van der Waals surface area (Å²) in [6.07, 6.45) is 1.08. The van der Waals surface area contributed by atoms with Gasteiger partial charge in [-0.2, -0.15) is 0 Å². The third-order valence-electron chi connectivity index (χ3n) is 3.15. The quantitative estimate of drug-likeness (QED) is 0.881. The fraction of sp³-hybridized carbons (Fsp3) is 0.538. The Bertz CT molecular complexity index is 375. The first-order valence-electron chi connectivity index (χ1n) is 5.81. The van der Waals surface area contributed by atoms with Crippen molar-refractivity contribution < 1.29 is 19.0 Å². The minimum absolute atomic E-state index is 0.0134. The summed E-state index contributed by atoms with van der Waals surface area (Å²) in [7, 11) is 1.51. The molecule has 3 nitrogen and oxygen atoms in total. The minimum atomic E-state index is -0.735. The second-order valence-corrected chi connectivity index (χ2v) is 4.31. The molecule has 2 unspecified atom stereocenters. The van der Waals surface area contributed by atoms with Crippen LogP contribution in [0.3, 0.4) is 0 Å². The molecular weight excluding hydrogens is 223 g/mol. The van der Waals surface area contributed by atoms with Crippen molar-refractivity contribution in [2.45, 2.75) is 18.9 Å². The average molecular weight is 240 g/mol. The van der Waals surface area contributed by atoms with Crippen LogP contribution >= 0.6 is 0 Å².